The van der Waals surface area contributed by atoms with Gasteiger partial charge in [0, 0.05) is 25.3 Å². The van der Waals surface area contributed by atoms with Crippen LogP contribution in [0.15, 0.2) is 41.3 Å². The van der Waals surface area contributed by atoms with Gasteiger partial charge in [0.25, 0.3) is 0 Å². The van der Waals surface area contributed by atoms with Crippen LogP contribution in [0.2, 0.25) is 0 Å². The van der Waals surface area contributed by atoms with Crippen molar-refractivity contribution in [1.29, 1.82) is 0 Å². The number of anilines is 1. The molecule has 2 heterocycles. The second-order valence-electron chi connectivity index (χ2n) is 7.34. The summed E-state index contributed by atoms with van der Waals surface area (Å²) >= 11 is 0. The van der Waals surface area contributed by atoms with E-state index in [-0.39, 0.29) is 5.82 Å². The molecule has 138 valence electrons. The van der Waals surface area contributed by atoms with Crippen molar-refractivity contribution >= 4 is 5.82 Å². The number of rotatable bonds is 6. The third-order valence-electron chi connectivity index (χ3n) is 5.73. The van der Waals surface area contributed by atoms with E-state index in [9.17, 15) is 4.79 Å². The fourth-order valence-electron chi connectivity index (χ4n) is 4.03. The molecule has 7 heteroatoms. The van der Waals surface area contributed by atoms with Crippen LogP contribution in [0.25, 0.3) is 5.69 Å². The van der Waals surface area contributed by atoms with Crippen LogP contribution in [-0.4, -0.2) is 46.7 Å². The highest BCUT2D eigenvalue weighted by Crippen LogP contribution is 2.51. The first-order chi connectivity index (χ1) is 12.6. The van der Waals surface area contributed by atoms with Crippen molar-refractivity contribution in [3.8, 4) is 11.4 Å². The number of hydrogen-bond donors (Lipinski definition) is 2. The van der Waals surface area contributed by atoms with Gasteiger partial charge in [0.1, 0.15) is 18.2 Å². The van der Waals surface area contributed by atoms with Crippen LogP contribution in [0.4, 0.5) is 5.82 Å². The molecule has 1 aliphatic carbocycles. The maximum atomic E-state index is 11.9. The first-order valence-corrected chi connectivity index (χ1v) is 9.09. The van der Waals surface area contributed by atoms with Gasteiger partial charge < -0.3 is 16.2 Å². The minimum atomic E-state index is -0.393. The number of ether oxygens (including phenoxy) is 1. The summed E-state index contributed by atoms with van der Waals surface area (Å²) in [4.78, 5) is 18.1. The largest absolute Gasteiger partial charge is 0.492 e. The lowest BCUT2D eigenvalue weighted by Crippen LogP contribution is -2.38. The molecule has 0 bridgehead atoms. The molecule has 2 aliphatic rings. The average Bonchev–Trinajstić information content (AvgIpc) is 3.11. The van der Waals surface area contributed by atoms with E-state index < -0.39 is 5.69 Å². The highest BCUT2D eigenvalue weighted by atomic mass is 16.5. The van der Waals surface area contributed by atoms with Crippen LogP contribution >= 0.6 is 0 Å². The Morgan fingerprint density at radius 3 is 2.54 bits per heavy atom. The van der Waals surface area contributed by atoms with Crippen LogP contribution in [0.5, 0.6) is 5.75 Å². The minimum Gasteiger partial charge on any atom is -0.492 e. The molecule has 0 amide bonds. The number of aromatic nitrogens is 2. The Bertz CT molecular complexity index is 823. The predicted molar refractivity (Wildman–Crippen MR) is 100 cm³/mol. The molecular formula is C19H25N5O2. The van der Waals surface area contributed by atoms with Crippen molar-refractivity contribution in [3.63, 3.8) is 0 Å². The van der Waals surface area contributed by atoms with Crippen molar-refractivity contribution in [2.75, 3.05) is 32.0 Å². The Hall–Kier alpha value is -2.38. The van der Waals surface area contributed by atoms with E-state index >= 15 is 0 Å². The molecule has 2 unspecified atom stereocenters. The summed E-state index contributed by atoms with van der Waals surface area (Å²) in [5.74, 6) is 3.36. The second kappa shape index (κ2) is 6.74. The smallest absolute Gasteiger partial charge is 0.354 e. The van der Waals surface area contributed by atoms with Crippen molar-refractivity contribution in [2.45, 2.75) is 13.0 Å². The van der Waals surface area contributed by atoms with E-state index in [1.54, 1.807) is 12.3 Å². The number of fused-ring (bicyclic) bond motifs is 1. The van der Waals surface area contributed by atoms with Gasteiger partial charge in [-0.05, 0) is 61.6 Å². The van der Waals surface area contributed by atoms with Gasteiger partial charge in [-0.15, -0.1) is 0 Å². The fourth-order valence-corrected chi connectivity index (χ4v) is 4.03. The van der Waals surface area contributed by atoms with Gasteiger partial charge in [0.15, 0.2) is 0 Å². The third kappa shape index (κ3) is 3.20. The van der Waals surface area contributed by atoms with Crippen LogP contribution in [0, 0.1) is 17.8 Å². The Morgan fingerprint density at radius 1 is 1.23 bits per heavy atom. The van der Waals surface area contributed by atoms with Crippen LogP contribution in [-0.2, 0) is 0 Å². The Labute approximate surface area is 152 Å². The lowest BCUT2D eigenvalue weighted by molar-refractivity contribution is 0.154. The normalized spacial score (nSPS) is 25.7. The van der Waals surface area contributed by atoms with Gasteiger partial charge in [-0.1, -0.05) is 0 Å². The Kier molecular flexibility index (Phi) is 4.42. The summed E-state index contributed by atoms with van der Waals surface area (Å²) in [6, 6.07) is 9.41. The number of benzene rings is 1. The zero-order valence-corrected chi connectivity index (χ0v) is 14.9. The van der Waals surface area contributed by atoms with Gasteiger partial charge in [-0.2, -0.15) is 4.98 Å². The van der Waals surface area contributed by atoms with E-state index in [1.165, 1.54) is 4.57 Å². The molecule has 1 aromatic heterocycles. The molecule has 1 saturated carbocycles. The van der Waals surface area contributed by atoms with Crippen LogP contribution in [0.3, 0.4) is 0 Å². The molecule has 2 fully saturated rings. The molecule has 1 aliphatic heterocycles. The monoisotopic (exact) mass is 355 g/mol. The SMILES string of the molecule is CC(COc1ccc(-n2ccc(N)nc2=O)cc1)N1CC2[C@H](CN)[C@H]2C1. The first kappa shape index (κ1) is 17.1. The number of hydrogen-bond acceptors (Lipinski definition) is 6. The molecule has 4 N–H and O–H groups in total. The van der Waals surface area contributed by atoms with Crippen molar-refractivity contribution in [1.82, 2.24) is 14.5 Å². The molecule has 26 heavy (non-hydrogen) atoms. The van der Waals surface area contributed by atoms with E-state index in [0.717, 1.165) is 48.8 Å². The van der Waals surface area contributed by atoms with Gasteiger partial charge in [-0.3, -0.25) is 9.47 Å². The average molecular weight is 355 g/mol. The fraction of sp³-hybridized carbons (Fsp3) is 0.474. The lowest BCUT2D eigenvalue weighted by atomic mass is 10.2. The molecule has 4 atom stereocenters. The predicted octanol–water partition coefficient (Wildman–Crippen LogP) is 0.719. The van der Waals surface area contributed by atoms with Gasteiger partial charge in [0.2, 0.25) is 0 Å². The lowest BCUT2D eigenvalue weighted by Gasteiger charge is -2.26. The summed E-state index contributed by atoms with van der Waals surface area (Å²) < 4.78 is 7.39. The zero-order valence-electron chi connectivity index (χ0n) is 14.9. The number of nitrogens with zero attached hydrogens (tertiary/aromatic N) is 3. The molecule has 1 saturated heterocycles. The Morgan fingerprint density at radius 2 is 1.92 bits per heavy atom. The van der Waals surface area contributed by atoms with Gasteiger partial charge >= 0.3 is 5.69 Å². The summed E-state index contributed by atoms with van der Waals surface area (Å²) in [6.07, 6.45) is 1.62. The van der Waals surface area contributed by atoms with E-state index in [0.29, 0.717) is 12.6 Å². The van der Waals surface area contributed by atoms with E-state index in [1.807, 2.05) is 24.3 Å². The highest BCUT2D eigenvalue weighted by Gasteiger charge is 2.55. The highest BCUT2D eigenvalue weighted by molar-refractivity contribution is 5.38. The van der Waals surface area contributed by atoms with E-state index in [4.69, 9.17) is 16.2 Å². The minimum absolute atomic E-state index is 0.220. The zero-order chi connectivity index (χ0) is 18.3. The van der Waals surface area contributed by atoms with Crippen LogP contribution in [0.1, 0.15) is 6.92 Å². The second-order valence-corrected chi connectivity index (χ2v) is 7.34. The van der Waals surface area contributed by atoms with Crippen LogP contribution < -0.4 is 21.9 Å². The number of nitrogens with two attached hydrogens (primary N) is 2. The Balaban J connectivity index is 1.33. The maximum Gasteiger partial charge on any atom is 0.354 e. The van der Waals surface area contributed by atoms with Crippen molar-refractivity contribution in [2.24, 2.45) is 23.5 Å². The molecule has 2 aromatic rings. The molecule has 0 radical (unpaired) electrons. The quantitative estimate of drug-likeness (QED) is 0.792. The first-order valence-electron chi connectivity index (χ1n) is 9.09. The summed E-state index contributed by atoms with van der Waals surface area (Å²) in [6.45, 7) is 5.96. The molecule has 7 nitrogen and oxygen atoms in total. The number of likely N-dealkylation sites (tertiary alicyclic amines) is 1. The third-order valence-corrected chi connectivity index (χ3v) is 5.73. The summed E-state index contributed by atoms with van der Waals surface area (Å²) in [5, 5.41) is 0. The molecule has 0 spiro atoms. The van der Waals surface area contributed by atoms with Crippen molar-refractivity contribution in [3.05, 3.63) is 47.0 Å². The number of nitrogen functional groups attached to an aromatic ring is 1. The summed E-state index contributed by atoms with van der Waals surface area (Å²) in [5.41, 5.74) is 11.6. The van der Waals surface area contributed by atoms with Gasteiger partial charge in [0.05, 0.1) is 5.69 Å². The summed E-state index contributed by atoms with van der Waals surface area (Å²) in [7, 11) is 0. The topological polar surface area (TPSA) is 99.4 Å². The molecule has 4 rings (SSSR count). The standard InChI is InChI=1S/C19H25N5O2/c1-12(23-9-16-15(8-20)17(16)10-23)11-26-14-4-2-13(3-5-14)24-7-6-18(21)22-19(24)25/h2-7,12,15-17H,8-11,20H2,1H3,(H2,21,22,25)/t12?,15-,16-,17?/m1/s1. The number of piperidine rings is 1. The molecular weight excluding hydrogens is 330 g/mol. The van der Waals surface area contributed by atoms with Gasteiger partial charge in [-0.25, -0.2) is 4.79 Å². The molecule has 1 aromatic carbocycles. The maximum absolute atomic E-state index is 11.9. The van der Waals surface area contributed by atoms with Crippen molar-refractivity contribution < 1.29 is 4.74 Å². The van der Waals surface area contributed by atoms with E-state index in [2.05, 4.69) is 16.8 Å².